The summed E-state index contributed by atoms with van der Waals surface area (Å²) in [6.07, 6.45) is -0.149. The summed E-state index contributed by atoms with van der Waals surface area (Å²) in [6, 6.07) is 3.42. The molecule has 1 unspecified atom stereocenters. The van der Waals surface area contributed by atoms with Crippen LogP contribution in [-0.2, 0) is 16.1 Å². The maximum atomic E-state index is 14.6. The topological polar surface area (TPSA) is 98.2 Å². The van der Waals surface area contributed by atoms with Crippen molar-refractivity contribution >= 4 is 12.1 Å². The highest BCUT2D eigenvalue weighted by Crippen LogP contribution is 2.23. The standard InChI is InChI=1S/C25H26F2N2O6/c1-15-9-22(21(28-12-15)6-5-17-13-29(24(31)32)7-8-33-17)34-14-18-19(26)10-16(11-20(18)27)23(30)35-25(2,3)4/h9-12,17H,7-8,13-14H2,1-4H3,(H,31,32). The summed E-state index contributed by atoms with van der Waals surface area (Å²) in [5, 5.41) is 9.14. The minimum absolute atomic E-state index is 0.0881. The number of rotatable bonds is 4. The maximum Gasteiger partial charge on any atom is 0.407 e. The molecule has 35 heavy (non-hydrogen) atoms. The van der Waals surface area contributed by atoms with Crippen molar-refractivity contribution < 1.29 is 37.7 Å². The number of esters is 1. The van der Waals surface area contributed by atoms with Gasteiger partial charge in [0.05, 0.1) is 24.3 Å². The van der Waals surface area contributed by atoms with Crippen LogP contribution in [0.4, 0.5) is 13.6 Å². The first-order valence-electron chi connectivity index (χ1n) is 10.8. The lowest BCUT2D eigenvalue weighted by Crippen LogP contribution is -2.44. The molecular formula is C25H26F2N2O6. The minimum Gasteiger partial charge on any atom is -0.486 e. The maximum absolute atomic E-state index is 14.6. The fourth-order valence-corrected chi connectivity index (χ4v) is 3.15. The van der Waals surface area contributed by atoms with Crippen molar-refractivity contribution in [3.63, 3.8) is 0 Å². The summed E-state index contributed by atoms with van der Waals surface area (Å²) < 4.78 is 45.6. The lowest BCUT2D eigenvalue weighted by Gasteiger charge is -2.28. The first-order valence-corrected chi connectivity index (χ1v) is 10.8. The Balaban J connectivity index is 1.77. The average molecular weight is 488 g/mol. The summed E-state index contributed by atoms with van der Waals surface area (Å²) in [5.41, 5.74) is -0.484. The molecule has 1 aliphatic heterocycles. The number of halogens is 2. The molecule has 8 nitrogen and oxygen atoms in total. The number of benzene rings is 1. The Kier molecular flexibility index (Phi) is 7.92. The van der Waals surface area contributed by atoms with Gasteiger partial charge in [-0.05, 0) is 57.4 Å². The Bertz CT molecular complexity index is 1160. The fourth-order valence-electron chi connectivity index (χ4n) is 3.15. The third-order valence-corrected chi connectivity index (χ3v) is 4.83. The number of carbonyl (C=O) groups is 2. The number of amides is 1. The van der Waals surface area contributed by atoms with E-state index in [0.717, 1.165) is 17.7 Å². The Morgan fingerprint density at radius 3 is 2.57 bits per heavy atom. The number of aromatic nitrogens is 1. The van der Waals surface area contributed by atoms with Crippen molar-refractivity contribution in [1.82, 2.24) is 9.88 Å². The number of pyridine rings is 1. The second-order valence-electron chi connectivity index (χ2n) is 8.93. The molecule has 0 bridgehead atoms. The quantitative estimate of drug-likeness (QED) is 0.514. The highest BCUT2D eigenvalue weighted by Gasteiger charge is 2.23. The smallest absolute Gasteiger partial charge is 0.407 e. The first kappa shape index (κ1) is 25.9. The van der Waals surface area contributed by atoms with Crippen LogP contribution in [0.3, 0.4) is 0 Å². The van der Waals surface area contributed by atoms with Crippen LogP contribution in [0.25, 0.3) is 0 Å². The molecule has 1 N–H and O–H groups in total. The SMILES string of the molecule is Cc1cnc(C#CC2CN(C(=O)O)CCO2)c(OCc2c(F)cc(C(=O)OC(C)(C)C)cc2F)c1. The summed E-state index contributed by atoms with van der Waals surface area (Å²) in [6.45, 7) is 6.81. The summed E-state index contributed by atoms with van der Waals surface area (Å²) in [7, 11) is 0. The van der Waals surface area contributed by atoms with E-state index in [1.54, 1.807) is 40.0 Å². The van der Waals surface area contributed by atoms with Gasteiger partial charge in [0, 0.05) is 12.7 Å². The first-order chi connectivity index (χ1) is 16.4. The molecular weight excluding hydrogens is 462 g/mol. The van der Waals surface area contributed by atoms with Gasteiger partial charge < -0.3 is 24.2 Å². The van der Waals surface area contributed by atoms with Gasteiger partial charge in [0.2, 0.25) is 0 Å². The van der Waals surface area contributed by atoms with Gasteiger partial charge in [-0.2, -0.15) is 0 Å². The molecule has 1 aromatic heterocycles. The zero-order valence-corrected chi connectivity index (χ0v) is 19.9. The molecule has 1 saturated heterocycles. The van der Waals surface area contributed by atoms with Crippen LogP contribution in [0.1, 0.15) is 48.0 Å². The number of morpholine rings is 1. The van der Waals surface area contributed by atoms with Gasteiger partial charge in [-0.25, -0.2) is 23.4 Å². The second-order valence-corrected chi connectivity index (χ2v) is 8.93. The van der Waals surface area contributed by atoms with Crippen molar-refractivity contribution in [2.45, 2.75) is 46.0 Å². The van der Waals surface area contributed by atoms with E-state index in [0.29, 0.717) is 0 Å². The number of nitrogens with zero attached hydrogens (tertiary/aromatic N) is 2. The average Bonchev–Trinajstić information content (AvgIpc) is 2.76. The lowest BCUT2D eigenvalue weighted by atomic mass is 10.1. The monoisotopic (exact) mass is 488 g/mol. The number of aryl methyl sites for hydroxylation is 1. The van der Waals surface area contributed by atoms with E-state index in [-0.39, 0.29) is 42.3 Å². The molecule has 0 radical (unpaired) electrons. The van der Waals surface area contributed by atoms with E-state index in [1.807, 2.05) is 0 Å². The van der Waals surface area contributed by atoms with Gasteiger partial charge in [0.25, 0.3) is 0 Å². The van der Waals surface area contributed by atoms with Crippen LogP contribution in [0.2, 0.25) is 0 Å². The van der Waals surface area contributed by atoms with E-state index < -0.39 is 42.0 Å². The van der Waals surface area contributed by atoms with Crippen molar-refractivity contribution in [1.29, 1.82) is 0 Å². The zero-order valence-electron chi connectivity index (χ0n) is 19.9. The summed E-state index contributed by atoms with van der Waals surface area (Å²) in [5.74, 6) is 3.07. The van der Waals surface area contributed by atoms with Gasteiger partial charge in [-0.15, -0.1) is 0 Å². The molecule has 1 atom stereocenters. The molecule has 0 spiro atoms. The van der Waals surface area contributed by atoms with E-state index in [1.165, 1.54) is 4.90 Å². The van der Waals surface area contributed by atoms with Gasteiger partial charge in [0.15, 0.2) is 11.4 Å². The molecule has 10 heteroatoms. The van der Waals surface area contributed by atoms with Crippen LogP contribution >= 0.6 is 0 Å². The molecule has 1 fully saturated rings. The zero-order chi connectivity index (χ0) is 25.8. The molecule has 2 aromatic rings. The minimum atomic E-state index is -1.06. The summed E-state index contributed by atoms with van der Waals surface area (Å²) in [4.78, 5) is 28.7. The van der Waals surface area contributed by atoms with Crippen LogP contribution in [-0.4, -0.2) is 58.5 Å². The Morgan fingerprint density at radius 2 is 1.94 bits per heavy atom. The van der Waals surface area contributed by atoms with Gasteiger partial charge in [0.1, 0.15) is 29.9 Å². The highest BCUT2D eigenvalue weighted by atomic mass is 19.1. The van der Waals surface area contributed by atoms with E-state index in [4.69, 9.17) is 19.3 Å². The predicted molar refractivity (Wildman–Crippen MR) is 121 cm³/mol. The largest absolute Gasteiger partial charge is 0.486 e. The predicted octanol–water partition coefficient (Wildman–Crippen LogP) is 3.93. The molecule has 2 heterocycles. The number of carboxylic acid groups (broad SMARTS) is 1. The molecule has 1 aliphatic rings. The second kappa shape index (κ2) is 10.7. The molecule has 186 valence electrons. The third kappa shape index (κ3) is 7.13. The lowest BCUT2D eigenvalue weighted by molar-refractivity contribution is 0.00655. The summed E-state index contributed by atoms with van der Waals surface area (Å²) >= 11 is 0. The molecule has 0 aliphatic carbocycles. The van der Waals surface area contributed by atoms with Crippen molar-refractivity contribution in [3.05, 3.63) is 58.4 Å². The normalized spacial score (nSPS) is 15.7. The Labute approximate surface area is 201 Å². The Hall–Kier alpha value is -3.71. The van der Waals surface area contributed by atoms with Gasteiger partial charge >= 0.3 is 12.1 Å². The van der Waals surface area contributed by atoms with Crippen molar-refractivity contribution in [3.8, 4) is 17.6 Å². The number of ether oxygens (including phenoxy) is 3. The molecule has 1 amide bonds. The molecule has 0 saturated carbocycles. The number of hydrogen-bond acceptors (Lipinski definition) is 6. The van der Waals surface area contributed by atoms with Crippen LogP contribution in [0, 0.1) is 30.4 Å². The number of hydrogen-bond donors (Lipinski definition) is 1. The van der Waals surface area contributed by atoms with E-state index in [2.05, 4.69) is 16.8 Å². The van der Waals surface area contributed by atoms with Crippen LogP contribution in [0.15, 0.2) is 24.4 Å². The van der Waals surface area contributed by atoms with E-state index in [9.17, 15) is 18.4 Å². The van der Waals surface area contributed by atoms with Crippen molar-refractivity contribution in [2.24, 2.45) is 0 Å². The van der Waals surface area contributed by atoms with Crippen LogP contribution < -0.4 is 4.74 Å². The fraction of sp³-hybridized carbons (Fsp3) is 0.400. The van der Waals surface area contributed by atoms with Crippen molar-refractivity contribution in [2.75, 3.05) is 19.7 Å². The highest BCUT2D eigenvalue weighted by molar-refractivity contribution is 5.89. The van der Waals surface area contributed by atoms with Gasteiger partial charge in [-0.1, -0.05) is 5.92 Å². The van der Waals surface area contributed by atoms with E-state index >= 15 is 0 Å². The van der Waals surface area contributed by atoms with Crippen LogP contribution in [0.5, 0.6) is 5.75 Å². The molecule has 1 aromatic carbocycles. The third-order valence-electron chi connectivity index (χ3n) is 4.83. The molecule has 3 rings (SSSR count). The Morgan fingerprint density at radius 1 is 1.26 bits per heavy atom. The van der Waals surface area contributed by atoms with Gasteiger partial charge in [-0.3, -0.25) is 0 Å². The number of carbonyl (C=O) groups excluding carboxylic acids is 1.